The van der Waals surface area contributed by atoms with Crippen LogP contribution in [0.5, 0.6) is 23.0 Å². The van der Waals surface area contributed by atoms with Gasteiger partial charge < -0.3 is 24.1 Å². The zero-order valence-corrected chi connectivity index (χ0v) is 15.2. The van der Waals surface area contributed by atoms with Crippen molar-refractivity contribution in [1.29, 1.82) is 0 Å². The summed E-state index contributed by atoms with van der Waals surface area (Å²) in [5.41, 5.74) is 2.28. The molecule has 1 aliphatic rings. The highest BCUT2D eigenvalue weighted by molar-refractivity contribution is 6.13. The number of carbonyl (C=O) groups is 1. The van der Waals surface area contributed by atoms with E-state index >= 15 is 0 Å². The number of phenols is 1. The molecule has 0 radical (unpaired) electrons. The number of phenolic OH excluding ortho intramolecular Hbond substituents is 1. The highest BCUT2D eigenvalue weighted by atomic mass is 16.5. The predicted octanol–water partition coefficient (Wildman–Crippen LogP) is 3.91. The van der Waals surface area contributed by atoms with E-state index in [2.05, 4.69) is 0 Å². The van der Waals surface area contributed by atoms with E-state index in [1.807, 2.05) is 24.3 Å². The molecule has 6 heteroatoms. The van der Waals surface area contributed by atoms with Crippen molar-refractivity contribution in [3.8, 4) is 34.1 Å². The number of fused-ring (bicyclic) bond motifs is 2. The van der Waals surface area contributed by atoms with Crippen LogP contribution in [0.25, 0.3) is 21.9 Å². The van der Waals surface area contributed by atoms with Crippen molar-refractivity contribution in [1.82, 2.24) is 0 Å². The van der Waals surface area contributed by atoms with Gasteiger partial charge in [0, 0.05) is 16.5 Å². The van der Waals surface area contributed by atoms with Gasteiger partial charge in [0.05, 0.1) is 26.9 Å². The summed E-state index contributed by atoms with van der Waals surface area (Å²) in [6.45, 7) is 0.0290. The molecule has 4 rings (SSSR count). The van der Waals surface area contributed by atoms with E-state index in [1.54, 1.807) is 19.2 Å². The standard InChI is InChI=1S/C21H18O6/c1-24-12-6-4-5-11(7-12)18-13-8-16(25-2)17(26-3)9-14(13)20(22)15-10-27-21(23)19(15)18/h4-9,22H,10H2,1-3H3. The molecule has 0 spiro atoms. The molecule has 3 aromatic rings. The third kappa shape index (κ3) is 2.52. The Bertz CT molecular complexity index is 1070. The third-order valence-electron chi connectivity index (χ3n) is 4.80. The lowest BCUT2D eigenvalue weighted by molar-refractivity contribution is 0.0535. The molecule has 138 valence electrons. The fourth-order valence-electron chi connectivity index (χ4n) is 3.50. The van der Waals surface area contributed by atoms with E-state index in [9.17, 15) is 9.90 Å². The molecule has 0 amide bonds. The summed E-state index contributed by atoms with van der Waals surface area (Å²) in [6.07, 6.45) is 0. The van der Waals surface area contributed by atoms with Crippen LogP contribution in [-0.2, 0) is 11.3 Å². The van der Waals surface area contributed by atoms with E-state index < -0.39 is 5.97 Å². The molecule has 0 saturated carbocycles. The van der Waals surface area contributed by atoms with Crippen LogP contribution >= 0.6 is 0 Å². The van der Waals surface area contributed by atoms with Crippen LogP contribution in [0.3, 0.4) is 0 Å². The van der Waals surface area contributed by atoms with Crippen LogP contribution in [0, 0.1) is 0 Å². The number of esters is 1. The molecule has 0 aliphatic carbocycles. The van der Waals surface area contributed by atoms with Crippen molar-refractivity contribution in [3.63, 3.8) is 0 Å². The number of aromatic hydroxyl groups is 1. The van der Waals surface area contributed by atoms with Crippen LogP contribution in [0.1, 0.15) is 15.9 Å². The van der Waals surface area contributed by atoms with E-state index in [4.69, 9.17) is 18.9 Å². The molecular formula is C21H18O6. The fourth-order valence-corrected chi connectivity index (χ4v) is 3.50. The molecule has 3 aromatic carbocycles. The Kier molecular flexibility index (Phi) is 4.03. The van der Waals surface area contributed by atoms with E-state index in [1.165, 1.54) is 14.2 Å². The van der Waals surface area contributed by atoms with E-state index in [0.717, 1.165) is 5.56 Å². The number of carbonyl (C=O) groups excluding carboxylic acids is 1. The molecule has 0 fully saturated rings. The van der Waals surface area contributed by atoms with Crippen LogP contribution in [0.4, 0.5) is 0 Å². The van der Waals surface area contributed by atoms with Crippen molar-refractivity contribution < 1.29 is 28.8 Å². The molecular weight excluding hydrogens is 348 g/mol. The number of hydrogen-bond donors (Lipinski definition) is 1. The summed E-state index contributed by atoms with van der Waals surface area (Å²) in [5.74, 6) is 1.20. The smallest absolute Gasteiger partial charge is 0.339 e. The molecule has 0 unspecified atom stereocenters. The SMILES string of the molecule is COc1cccc(-c2c3c(c(O)c4cc(OC)c(OC)cc24)COC3=O)c1. The molecule has 1 N–H and O–H groups in total. The van der Waals surface area contributed by atoms with Gasteiger partial charge in [0.15, 0.2) is 11.5 Å². The molecule has 27 heavy (non-hydrogen) atoms. The van der Waals surface area contributed by atoms with Crippen molar-refractivity contribution >= 4 is 16.7 Å². The van der Waals surface area contributed by atoms with Crippen molar-refractivity contribution in [2.75, 3.05) is 21.3 Å². The van der Waals surface area contributed by atoms with Crippen molar-refractivity contribution in [2.24, 2.45) is 0 Å². The van der Waals surface area contributed by atoms with Gasteiger partial charge in [0.2, 0.25) is 0 Å². The average molecular weight is 366 g/mol. The van der Waals surface area contributed by atoms with Gasteiger partial charge >= 0.3 is 5.97 Å². The molecule has 6 nitrogen and oxygen atoms in total. The Morgan fingerprint density at radius 1 is 0.926 bits per heavy atom. The van der Waals surface area contributed by atoms with Gasteiger partial charge in [0.25, 0.3) is 0 Å². The van der Waals surface area contributed by atoms with E-state index in [0.29, 0.717) is 44.7 Å². The molecule has 0 aromatic heterocycles. The average Bonchev–Trinajstić information content (AvgIpc) is 3.09. The second-order valence-corrected chi connectivity index (χ2v) is 6.14. The largest absolute Gasteiger partial charge is 0.507 e. The number of benzene rings is 3. The quantitative estimate of drug-likeness (QED) is 0.706. The van der Waals surface area contributed by atoms with Gasteiger partial charge in [-0.2, -0.15) is 0 Å². The van der Waals surface area contributed by atoms with Crippen LogP contribution in [0.2, 0.25) is 0 Å². The maximum Gasteiger partial charge on any atom is 0.339 e. The van der Waals surface area contributed by atoms with Gasteiger partial charge in [-0.05, 0) is 35.2 Å². The van der Waals surface area contributed by atoms with Gasteiger partial charge in [-0.1, -0.05) is 12.1 Å². The normalized spacial score (nSPS) is 12.6. The third-order valence-corrected chi connectivity index (χ3v) is 4.80. The minimum absolute atomic E-state index is 0.0125. The van der Waals surface area contributed by atoms with Crippen molar-refractivity contribution in [3.05, 3.63) is 47.5 Å². The maximum absolute atomic E-state index is 12.5. The monoisotopic (exact) mass is 366 g/mol. The summed E-state index contributed by atoms with van der Waals surface area (Å²) in [7, 11) is 4.65. The first-order valence-corrected chi connectivity index (χ1v) is 8.34. The van der Waals surface area contributed by atoms with Crippen LogP contribution < -0.4 is 14.2 Å². The first-order chi connectivity index (χ1) is 13.1. The predicted molar refractivity (Wildman–Crippen MR) is 99.8 cm³/mol. The minimum Gasteiger partial charge on any atom is -0.507 e. The van der Waals surface area contributed by atoms with Crippen molar-refractivity contribution in [2.45, 2.75) is 6.61 Å². The van der Waals surface area contributed by atoms with Gasteiger partial charge in [-0.25, -0.2) is 4.79 Å². The Morgan fingerprint density at radius 2 is 1.63 bits per heavy atom. The molecule has 0 bridgehead atoms. The lowest BCUT2D eigenvalue weighted by Gasteiger charge is -2.16. The minimum atomic E-state index is -0.463. The Balaban J connectivity index is 2.16. The fraction of sp³-hybridized carbons (Fsp3) is 0.190. The van der Waals surface area contributed by atoms with Crippen LogP contribution in [-0.4, -0.2) is 32.4 Å². The Hall–Kier alpha value is -3.41. The number of ether oxygens (including phenoxy) is 4. The van der Waals surface area contributed by atoms with Gasteiger partial charge in [-0.15, -0.1) is 0 Å². The Morgan fingerprint density at radius 3 is 2.30 bits per heavy atom. The molecule has 0 atom stereocenters. The molecule has 1 heterocycles. The number of methoxy groups -OCH3 is 3. The lowest BCUT2D eigenvalue weighted by atomic mass is 9.89. The van der Waals surface area contributed by atoms with Gasteiger partial charge in [0.1, 0.15) is 18.1 Å². The van der Waals surface area contributed by atoms with Crippen LogP contribution in [0.15, 0.2) is 36.4 Å². The first-order valence-electron chi connectivity index (χ1n) is 8.34. The summed E-state index contributed by atoms with van der Waals surface area (Å²) >= 11 is 0. The summed E-state index contributed by atoms with van der Waals surface area (Å²) < 4.78 is 21.3. The molecule has 1 aliphatic heterocycles. The summed E-state index contributed by atoms with van der Waals surface area (Å²) in [6, 6.07) is 10.9. The molecule has 0 saturated heterocycles. The van der Waals surface area contributed by atoms with Gasteiger partial charge in [-0.3, -0.25) is 0 Å². The first kappa shape index (κ1) is 17.0. The number of rotatable bonds is 4. The second kappa shape index (κ2) is 6.39. The number of cyclic esters (lactones) is 1. The zero-order valence-electron chi connectivity index (χ0n) is 15.2. The maximum atomic E-state index is 12.5. The second-order valence-electron chi connectivity index (χ2n) is 6.14. The summed E-state index contributed by atoms with van der Waals surface area (Å²) in [5, 5.41) is 12.0. The highest BCUT2D eigenvalue weighted by Gasteiger charge is 2.32. The lowest BCUT2D eigenvalue weighted by Crippen LogP contribution is -2.00. The number of hydrogen-bond acceptors (Lipinski definition) is 6. The highest BCUT2D eigenvalue weighted by Crippen LogP contribution is 2.47. The topological polar surface area (TPSA) is 74.2 Å². The Labute approximate surface area is 155 Å². The summed E-state index contributed by atoms with van der Waals surface area (Å²) in [4.78, 5) is 12.5. The zero-order chi connectivity index (χ0) is 19.1. The van der Waals surface area contributed by atoms with E-state index in [-0.39, 0.29) is 12.4 Å².